The van der Waals surface area contributed by atoms with E-state index in [2.05, 4.69) is 25.7 Å². The number of carbonyl (C=O) groups is 1. The van der Waals surface area contributed by atoms with Gasteiger partial charge in [-0.25, -0.2) is 0 Å². The first-order valence-electron chi connectivity index (χ1n) is 8.98. The fourth-order valence-electron chi connectivity index (χ4n) is 5.89. The summed E-state index contributed by atoms with van der Waals surface area (Å²) < 4.78 is 0. The summed E-state index contributed by atoms with van der Waals surface area (Å²) in [6.07, 6.45) is 10.9. The lowest BCUT2D eigenvalue weighted by atomic mass is 9.45. The van der Waals surface area contributed by atoms with E-state index < -0.39 is 11.4 Å². The van der Waals surface area contributed by atoms with Crippen LogP contribution < -0.4 is 0 Å². The molecule has 0 spiro atoms. The van der Waals surface area contributed by atoms with E-state index >= 15 is 0 Å². The predicted molar refractivity (Wildman–Crippen MR) is 90.9 cm³/mol. The fraction of sp³-hybridized carbons (Fsp3) is 0.750. The highest BCUT2D eigenvalue weighted by Crippen LogP contribution is 2.63. The van der Waals surface area contributed by atoms with Crippen molar-refractivity contribution in [2.24, 2.45) is 28.1 Å². The summed E-state index contributed by atoms with van der Waals surface area (Å²) in [5.41, 5.74) is 0.648. The molecule has 128 valence electrons. The Morgan fingerprint density at radius 3 is 2.74 bits per heavy atom. The largest absolute Gasteiger partial charge is 0.481 e. The minimum atomic E-state index is -0.706. The minimum absolute atomic E-state index is 0.0492. The number of aliphatic hydroxyl groups is 1. The summed E-state index contributed by atoms with van der Waals surface area (Å²) in [5, 5.41) is 20.2. The third-order valence-corrected chi connectivity index (χ3v) is 7.45. The lowest BCUT2D eigenvalue weighted by molar-refractivity contribution is -0.168. The normalized spacial score (nSPS) is 46.3. The average Bonchev–Trinajstić information content (AvgIpc) is 2.54. The van der Waals surface area contributed by atoms with Crippen molar-refractivity contribution in [1.82, 2.24) is 0 Å². The summed E-state index contributed by atoms with van der Waals surface area (Å²) >= 11 is 0. The zero-order valence-electron chi connectivity index (χ0n) is 14.5. The van der Waals surface area contributed by atoms with E-state index in [4.69, 9.17) is 0 Å². The number of aliphatic carboxylic acids is 1. The molecule has 3 aliphatic carbocycles. The van der Waals surface area contributed by atoms with Gasteiger partial charge in [-0.15, -0.1) is 6.58 Å². The molecule has 0 aromatic carbocycles. The number of fused-ring (bicyclic) bond motifs is 3. The molecule has 3 heteroatoms. The van der Waals surface area contributed by atoms with Crippen LogP contribution in [0.25, 0.3) is 0 Å². The number of rotatable bonds is 3. The van der Waals surface area contributed by atoms with Gasteiger partial charge in [-0.1, -0.05) is 31.1 Å². The Bertz CT molecular complexity index is 551. The first-order chi connectivity index (χ1) is 10.8. The molecule has 3 nitrogen and oxygen atoms in total. The highest BCUT2D eigenvalue weighted by atomic mass is 16.4. The van der Waals surface area contributed by atoms with E-state index in [-0.39, 0.29) is 23.4 Å². The summed E-state index contributed by atoms with van der Waals surface area (Å²) in [6.45, 7) is 8.29. The van der Waals surface area contributed by atoms with Gasteiger partial charge in [0.05, 0.1) is 5.41 Å². The molecule has 0 heterocycles. The second kappa shape index (κ2) is 5.47. The molecule has 0 aromatic rings. The summed E-state index contributed by atoms with van der Waals surface area (Å²) in [7, 11) is 0. The molecule has 2 N–H and O–H groups in total. The lowest BCUT2D eigenvalue weighted by Crippen LogP contribution is -2.56. The molecule has 0 unspecified atom stereocenters. The summed E-state index contributed by atoms with van der Waals surface area (Å²) in [4.78, 5) is 12.0. The van der Waals surface area contributed by atoms with Crippen molar-refractivity contribution in [3.8, 4) is 0 Å². The van der Waals surface area contributed by atoms with Crippen LogP contribution in [0, 0.1) is 28.1 Å². The zero-order chi connectivity index (χ0) is 16.9. The van der Waals surface area contributed by atoms with Crippen LogP contribution in [-0.2, 0) is 4.79 Å². The molecule has 5 atom stereocenters. The first-order valence-corrected chi connectivity index (χ1v) is 8.98. The molecule has 0 saturated heterocycles. The first kappa shape index (κ1) is 16.8. The van der Waals surface area contributed by atoms with E-state index in [0.717, 1.165) is 44.9 Å². The maximum atomic E-state index is 12.0. The Hall–Kier alpha value is -1.09. The smallest absolute Gasteiger partial charge is 0.309 e. The second-order valence-corrected chi connectivity index (χ2v) is 8.66. The van der Waals surface area contributed by atoms with Gasteiger partial charge in [-0.3, -0.25) is 4.79 Å². The van der Waals surface area contributed by atoms with Gasteiger partial charge < -0.3 is 10.2 Å². The highest BCUT2D eigenvalue weighted by Gasteiger charge is 2.60. The molecule has 0 aromatic heterocycles. The van der Waals surface area contributed by atoms with Crippen LogP contribution in [0.3, 0.4) is 0 Å². The minimum Gasteiger partial charge on any atom is -0.481 e. The van der Waals surface area contributed by atoms with E-state index in [0.29, 0.717) is 5.92 Å². The molecule has 0 aliphatic heterocycles. The number of hydrogen-bond donors (Lipinski definition) is 2. The van der Waals surface area contributed by atoms with Crippen molar-refractivity contribution in [1.29, 1.82) is 0 Å². The van der Waals surface area contributed by atoms with Gasteiger partial charge in [-0.05, 0) is 62.7 Å². The van der Waals surface area contributed by atoms with Crippen molar-refractivity contribution in [2.45, 2.75) is 58.8 Å². The van der Waals surface area contributed by atoms with Gasteiger partial charge in [-0.2, -0.15) is 0 Å². The molecule has 0 radical (unpaired) electrons. The van der Waals surface area contributed by atoms with Crippen LogP contribution >= 0.6 is 0 Å². The third kappa shape index (κ3) is 2.31. The SMILES string of the molecule is C=C[C@@]1(C)CC[C@H]2C(=CC[C@H]3[C@]2(CO)CCC[C@@]3(C)C(=O)O)C1. The van der Waals surface area contributed by atoms with Gasteiger partial charge in [0.25, 0.3) is 0 Å². The van der Waals surface area contributed by atoms with Gasteiger partial charge in [0.1, 0.15) is 0 Å². The molecule has 0 bridgehead atoms. The Balaban J connectivity index is 2.02. The second-order valence-electron chi connectivity index (χ2n) is 8.66. The van der Waals surface area contributed by atoms with Crippen molar-refractivity contribution in [2.75, 3.05) is 6.61 Å². The topological polar surface area (TPSA) is 57.5 Å². The van der Waals surface area contributed by atoms with E-state index in [9.17, 15) is 15.0 Å². The van der Waals surface area contributed by atoms with E-state index in [1.54, 1.807) is 0 Å². The van der Waals surface area contributed by atoms with Gasteiger partial charge >= 0.3 is 5.97 Å². The van der Waals surface area contributed by atoms with Crippen LogP contribution in [0.15, 0.2) is 24.3 Å². The number of aliphatic hydroxyl groups excluding tert-OH is 1. The molecule has 3 aliphatic rings. The molecule has 2 fully saturated rings. The number of hydrogen-bond acceptors (Lipinski definition) is 2. The van der Waals surface area contributed by atoms with Gasteiger partial charge in [0.15, 0.2) is 0 Å². The van der Waals surface area contributed by atoms with Gasteiger partial charge in [0.2, 0.25) is 0 Å². The molecule has 0 amide bonds. The Kier molecular flexibility index (Phi) is 3.99. The Morgan fingerprint density at radius 2 is 2.13 bits per heavy atom. The number of carboxylic acids is 1. The Labute approximate surface area is 139 Å². The molecular formula is C20H30O3. The average molecular weight is 318 g/mol. The van der Waals surface area contributed by atoms with Crippen molar-refractivity contribution in [3.63, 3.8) is 0 Å². The summed E-state index contributed by atoms with van der Waals surface area (Å²) in [5.74, 6) is -0.296. The fourth-order valence-corrected chi connectivity index (χ4v) is 5.89. The maximum absolute atomic E-state index is 12.0. The van der Waals surface area contributed by atoms with Gasteiger partial charge in [0, 0.05) is 12.0 Å². The highest BCUT2D eigenvalue weighted by molar-refractivity contribution is 5.75. The van der Waals surface area contributed by atoms with Crippen LogP contribution in [0.1, 0.15) is 58.8 Å². The quantitative estimate of drug-likeness (QED) is 0.768. The molecule has 23 heavy (non-hydrogen) atoms. The van der Waals surface area contributed by atoms with Crippen LogP contribution in [0.4, 0.5) is 0 Å². The van der Waals surface area contributed by atoms with Crippen LogP contribution in [-0.4, -0.2) is 22.8 Å². The predicted octanol–water partition coefficient (Wildman–Crippen LogP) is 4.18. The van der Waals surface area contributed by atoms with E-state index in [1.807, 2.05) is 6.92 Å². The van der Waals surface area contributed by atoms with Crippen LogP contribution in [0.2, 0.25) is 0 Å². The summed E-state index contributed by atoms with van der Waals surface area (Å²) in [6, 6.07) is 0. The maximum Gasteiger partial charge on any atom is 0.309 e. The standard InChI is InChI=1S/C20H30O3/c1-4-18(2)11-8-15-14(12-18)6-7-16-19(3,17(22)23)9-5-10-20(15,16)13-21/h4,6,15-16,21H,1,5,7-13H2,2-3H3,(H,22,23)/t15-,16+,18-,19+,20-/m0/s1. The van der Waals surface area contributed by atoms with Crippen molar-refractivity contribution >= 4 is 5.97 Å². The zero-order valence-corrected chi connectivity index (χ0v) is 14.5. The molecule has 3 rings (SSSR count). The van der Waals surface area contributed by atoms with Crippen molar-refractivity contribution in [3.05, 3.63) is 24.3 Å². The van der Waals surface area contributed by atoms with Crippen molar-refractivity contribution < 1.29 is 15.0 Å². The Morgan fingerprint density at radius 1 is 1.39 bits per heavy atom. The van der Waals surface area contributed by atoms with E-state index in [1.165, 1.54) is 5.57 Å². The van der Waals surface area contributed by atoms with Crippen LogP contribution in [0.5, 0.6) is 0 Å². The number of carboxylic acid groups (broad SMARTS) is 1. The monoisotopic (exact) mass is 318 g/mol. The lowest BCUT2D eigenvalue weighted by Gasteiger charge is -2.59. The third-order valence-electron chi connectivity index (χ3n) is 7.45. The molecular weight excluding hydrogens is 288 g/mol. The molecule has 2 saturated carbocycles. The number of allylic oxidation sites excluding steroid dienone is 3.